The quantitative estimate of drug-likeness (QED) is 0.467. The first-order valence-electron chi connectivity index (χ1n) is 13.1. The lowest BCUT2D eigenvalue weighted by Crippen LogP contribution is -2.28. The van der Waals surface area contributed by atoms with E-state index in [9.17, 15) is 9.90 Å². The molecule has 5 rings (SSSR count). The molecule has 8 nitrogen and oxygen atoms in total. The number of benzene rings is 1. The van der Waals surface area contributed by atoms with Crippen molar-refractivity contribution in [2.24, 2.45) is 5.92 Å². The molecule has 36 heavy (non-hydrogen) atoms. The molecule has 0 radical (unpaired) electrons. The molecule has 0 aliphatic carbocycles. The van der Waals surface area contributed by atoms with Gasteiger partial charge in [0.2, 0.25) is 0 Å². The highest BCUT2D eigenvalue weighted by Gasteiger charge is 2.27. The summed E-state index contributed by atoms with van der Waals surface area (Å²) < 4.78 is 1.83. The molecular weight excluding hydrogens is 452 g/mol. The van der Waals surface area contributed by atoms with Crippen LogP contribution in [-0.4, -0.2) is 61.9 Å². The van der Waals surface area contributed by atoms with Gasteiger partial charge in [-0.1, -0.05) is 18.2 Å². The van der Waals surface area contributed by atoms with Crippen LogP contribution in [0.3, 0.4) is 0 Å². The Morgan fingerprint density at radius 2 is 2.11 bits per heavy atom. The normalized spacial score (nSPS) is 18.6. The van der Waals surface area contributed by atoms with Crippen molar-refractivity contribution in [2.45, 2.75) is 58.3 Å². The van der Waals surface area contributed by atoms with E-state index in [1.54, 1.807) is 0 Å². The van der Waals surface area contributed by atoms with E-state index in [2.05, 4.69) is 38.5 Å². The number of pyridine rings is 1. The fourth-order valence-electron chi connectivity index (χ4n) is 5.66. The summed E-state index contributed by atoms with van der Waals surface area (Å²) in [5, 5.41) is 17.6. The molecule has 1 saturated heterocycles. The number of likely N-dealkylation sites (tertiary alicyclic amines) is 1. The van der Waals surface area contributed by atoms with Gasteiger partial charge in [-0.15, -0.1) is 0 Å². The van der Waals surface area contributed by atoms with Crippen molar-refractivity contribution in [3.05, 3.63) is 64.9 Å². The van der Waals surface area contributed by atoms with Crippen molar-refractivity contribution in [1.29, 1.82) is 0 Å². The second-order valence-corrected chi connectivity index (χ2v) is 10.3. The Morgan fingerprint density at radius 3 is 2.92 bits per heavy atom. The minimum absolute atomic E-state index is 0.0699. The van der Waals surface area contributed by atoms with Crippen LogP contribution in [0.4, 0.5) is 5.82 Å². The zero-order chi connectivity index (χ0) is 25.1. The number of carboxylic acid groups (broad SMARTS) is 1. The van der Waals surface area contributed by atoms with Gasteiger partial charge in [-0.3, -0.25) is 4.79 Å². The van der Waals surface area contributed by atoms with E-state index in [-0.39, 0.29) is 12.3 Å². The lowest BCUT2D eigenvalue weighted by atomic mass is 9.94. The molecule has 2 N–H and O–H groups in total. The average molecular weight is 489 g/mol. The van der Waals surface area contributed by atoms with Crippen LogP contribution in [0, 0.1) is 19.8 Å². The third-order valence-electron chi connectivity index (χ3n) is 7.49. The van der Waals surface area contributed by atoms with E-state index in [1.165, 1.54) is 17.7 Å². The molecule has 4 heterocycles. The highest BCUT2D eigenvalue weighted by molar-refractivity contribution is 5.68. The number of nitrogens with zero attached hydrogens (tertiary/aromatic N) is 5. The largest absolute Gasteiger partial charge is 0.481 e. The van der Waals surface area contributed by atoms with Gasteiger partial charge >= 0.3 is 5.97 Å². The third-order valence-corrected chi connectivity index (χ3v) is 7.49. The second-order valence-electron chi connectivity index (χ2n) is 10.3. The van der Waals surface area contributed by atoms with Crippen LogP contribution in [0.2, 0.25) is 0 Å². The Morgan fingerprint density at radius 1 is 1.22 bits per heavy atom. The molecule has 2 atom stereocenters. The molecule has 8 heteroatoms. The maximum Gasteiger partial charge on any atom is 0.304 e. The summed E-state index contributed by atoms with van der Waals surface area (Å²) in [7, 11) is 0. The maximum atomic E-state index is 11.7. The molecule has 2 aliphatic heterocycles. The molecule has 1 aromatic carbocycles. The molecule has 1 unspecified atom stereocenters. The minimum atomic E-state index is -0.763. The van der Waals surface area contributed by atoms with Crippen LogP contribution in [-0.2, 0) is 17.6 Å². The van der Waals surface area contributed by atoms with Crippen LogP contribution in [0.25, 0.3) is 5.69 Å². The molecule has 2 aromatic heterocycles. The predicted molar refractivity (Wildman–Crippen MR) is 140 cm³/mol. The SMILES string of the molecule is Cc1nc(C)n(-c2cccc(C(CC(=O)O)CN3CC[C@@H](CCc4ccc5c(n4)NCCC5)C3)c2)n1. The molecule has 0 amide bonds. The molecule has 190 valence electrons. The molecule has 0 bridgehead atoms. The van der Waals surface area contributed by atoms with Gasteiger partial charge in [0.15, 0.2) is 0 Å². The summed E-state index contributed by atoms with van der Waals surface area (Å²) in [6, 6.07) is 12.5. The van der Waals surface area contributed by atoms with Gasteiger partial charge in [0.1, 0.15) is 17.5 Å². The van der Waals surface area contributed by atoms with E-state index < -0.39 is 5.97 Å². The van der Waals surface area contributed by atoms with Gasteiger partial charge < -0.3 is 15.3 Å². The van der Waals surface area contributed by atoms with Gasteiger partial charge in [-0.25, -0.2) is 14.6 Å². The lowest BCUT2D eigenvalue weighted by Gasteiger charge is -2.24. The smallest absolute Gasteiger partial charge is 0.304 e. The summed E-state index contributed by atoms with van der Waals surface area (Å²) in [5.41, 5.74) is 4.46. The lowest BCUT2D eigenvalue weighted by molar-refractivity contribution is -0.137. The zero-order valence-electron chi connectivity index (χ0n) is 21.3. The van der Waals surface area contributed by atoms with Crippen molar-refractivity contribution in [3.8, 4) is 5.69 Å². The summed E-state index contributed by atoms with van der Waals surface area (Å²) in [6.45, 7) is 7.61. The number of hydrogen-bond acceptors (Lipinski definition) is 6. The molecule has 2 aliphatic rings. The molecule has 1 fully saturated rings. The van der Waals surface area contributed by atoms with Crippen molar-refractivity contribution in [1.82, 2.24) is 24.6 Å². The van der Waals surface area contributed by atoms with Gasteiger partial charge in [0.05, 0.1) is 12.1 Å². The van der Waals surface area contributed by atoms with E-state index >= 15 is 0 Å². The third kappa shape index (κ3) is 5.75. The molecule has 3 aromatic rings. The summed E-state index contributed by atoms with van der Waals surface area (Å²) in [5.74, 6) is 2.41. The monoisotopic (exact) mass is 488 g/mol. The summed E-state index contributed by atoms with van der Waals surface area (Å²) >= 11 is 0. The Bertz CT molecular complexity index is 1220. The van der Waals surface area contributed by atoms with Crippen LogP contribution in [0.1, 0.15) is 60.1 Å². The van der Waals surface area contributed by atoms with Crippen molar-refractivity contribution < 1.29 is 9.90 Å². The molecule has 0 saturated carbocycles. The van der Waals surface area contributed by atoms with Gasteiger partial charge in [0.25, 0.3) is 0 Å². The second kappa shape index (κ2) is 10.8. The fraction of sp³-hybridized carbons (Fsp3) is 0.500. The number of anilines is 1. The van der Waals surface area contributed by atoms with Crippen LogP contribution < -0.4 is 5.32 Å². The van der Waals surface area contributed by atoms with E-state index in [1.807, 2.05) is 36.7 Å². The van der Waals surface area contributed by atoms with Crippen molar-refractivity contribution in [2.75, 3.05) is 31.5 Å². The minimum Gasteiger partial charge on any atom is -0.481 e. The average Bonchev–Trinajstić information content (AvgIpc) is 3.47. The maximum absolute atomic E-state index is 11.7. The van der Waals surface area contributed by atoms with Gasteiger partial charge in [-0.2, -0.15) is 5.10 Å². The zero-order valence-corrected chi connectivity index (χ0v) is 21.3. The Hall–Kier alpha value is -3.26. The molecule has 0 spiro atoms. The Kier molecular flexibility index (Phi) is 7.32. The summed E-state index contributed by atoms with van der Waals surface area (Å²) in [4.78, 5) is 23.4. The predicted octanol–water partition coefficient (Wildman–Crippen LogP) is 4.15. The first-order chi connectivity index (χ1) is 17.4. The number of aliphatic carboxylic acids is 1. The van der Waals surface area contributed by atoms with Crippen LogP contribution in [0.5, 0.6) is 0 Å². The highest BCUT2D eigenvalue weighted by atomic mass is 16.4. The summed E-state index contributed by atoms with van der Waals surface area (Å²) in [6.07, 6.45) is 5.67. The van der Waals surface area contributed by atoms with Crippen molar-refractivity contribution in [3.63, 3.8) is 0 Å². The first-order valence-corrected chi connectivity index (χ1v) is 13.1. The topological polar surface area (TPSA) is 96.2 Å². The standard InChI is InChI=1S/C28H36N6O2/c1-19-30-20(2)34(32-19)26-7-3-5-23(15-26)24(16-27(35)36)18-33-14-12-21(17-33)8-10-25-11-9-22-6-4-13-29-28(22)31-25/h3,5,7,9,11,15,21,24H,4,6,8,10,12-14,16-18H2,1-2H3,(H,29,31)(H,35,36)/t21-,24?/m1/s1. The Labute approximate surface area is 212 Å². The number of hydrogen-bond donors (Lipinski definition) is 2. The number of nitrogens with one attached hydrogen (secondary N) is 1. The number of aryl methyl sites for hydroxylation is 4. The van der Waals surface area contributed by atoms with E-state index in [0.717, 1.165) is 80.6 Å². The number of carboxylic acids is 1. The van der Waals surface area contributed by atoms with Gasteiger partial charge in [-0.05, 0) is 87.7 Å². The number of aromatic nitrogens is 4. The van der Waals surface area contributed by atoms with Crippen molar-refractivity contribution >= 4 is 11.8 Å². The molecular formula is C28H36N6O2. The number of rotatable bonds is 9. The Balaban J connectivity index is 1.21. The van der Waals surface area contributed by atoms with Gasteiger partial charge in [0, 0.05) is 31.2 Å². The van der Waals surface area contributed by atoms with E-state index in [4.69, 9.17) is 4.98 Å². The first kappa shape index (κ1) is 24.4. The van der Waals surface area contributed by atoms with Crippen LogP contribution in [0.15, 0.2) is 36.4 Å². The fourth-order valence-corrected chi connectivity index (χ4v) is 5.66. The van der Waals surface area contributed by atoms with Crippen LogP contribution >= 0.6 is 0 Å². The highest BCUT2D eigenvalue weighted by Crippen LogP contribution is 2.29. The van der Waals surface area contributed by atoms with E-state index in [0.29, 0.717) is 5.92 Å². The number of fused-ring (bicyclic) bond motifs is 1. The number of carbonyl (C=O) groups is 1.